The van der Waals surface area contributed by atoms with E-state index in [9.17, 15) is 0 Å². The van der Waals surface area contributed by atoms with Gasteiger partial charge in [-0.1, -0.05) is 51.3 Å². The van der Waals surface area contributed by atoms with Crippen LogP contribution in [0.5, 0.6) is 0 Å². The molecule has 3 rings (SSSR count). The Labute approximate surface area is 141 Å². The van der Waals surface area contributed by atoms with Crippen LogP contribution in [0.3, 0.4) is 0 Å². The molecule has 0 amide bonds. The third-order valence-electron chi connectivity index (χ3n) is 5.50. The molecule has 0 unspecified atom stereocenters. The molecule has 23 heavy (non-hydrogen) atoms. The number of benzene rings is 1. The molecule has 0 radical (unpaired) electrons. The van der Waals surface area contributed by atoms with Crippen LogP contribution in [0.25, 0.3) is 0 Å². The number of rotatable bonds is 3. The zero-order valence-electron chi connectivity index (χ0n) is 15.2. The summed E-state index contributed by atoms with van der Waals surface area (Å²) in [4.78, 5) is 2.60. The van der Waals surface area contributed by atoms with Crippen molar-refractivity contribution in [2.75, 3.05) is 25.5 Å². The van der Waals surface area contributed by atoms with Crippen molar-refractivity contribution in [3.05, 3.63) is 41.6 Å². The SMILES string of the molecule is C[N+](C)=CC=C1N(CC2CCCCC2)c2ccccc2C1(C)C. The molecule has 0 spiro atoms. The Morgan fingerprint density at radius 1 is 1.13 bits per heavy atom. The van der Waals surface area contributed by atoms with Gasteiger partial charge in [-0.15, -0.1) is 0 Å². The number of hydrogen-bond donors (Lipinski definition) is 0. The first-order valence-corrected chi connectivity index (χ1v) is 9.09. The molecule has 1 saturated carbocycles. The lowest BCUT2D eigenvalue weighted by molar-refractivity contribution is -0.458. The predicted molar refractivity (Wildman–Crippen MR) is 99.6 cm³/mol. The molecule has 2 heteroatoms. The zero-order valence-corrected chi connectivity index (χ0v) is 15.2. The van der Waals surface area contributed by atoms with Crippen molar-refractivity contribution < 1.29 is 4.58 Å². The van der Waals surface area contributed by atoms with E-state index in [4.69, 9.17) is 0 Å². The molecule has 1 fully saturated rings. The Hall–Kier alpha value is -1.57. The summed E-state index contributed by atoms with van der Waals surface area (Å²) in [6.07, 6.45) is 11.5. The summed E-state index contributed by atoms with van der Waals surface area (Å²) in [5.74, 6) is 0.841. The van der Waals surface area contributed by atoms with Crippen molar-refractivity contribution in [3.63, 3.8) is 0 Å². The van der Waals surface area contributed by atoms with Gasteiger partial charge in [0.1, 0.15) is 14.1 Å². The third-order valence-corrected chi connectivity index (χ3v) is 5.50. The van der Waals surface area contributed by atoms with E-state index >= 15 is 0 Å². The Morgan fingerprint density at radius 2 is 1.83 bits per heavy atom. The minimum atomic E-state index is 0.0811. The summed E-state index contributed by atoms with van der Waals surface area (Å²) in [6.45, 7) is 5.90. The fourth-order valence-electron chi connectivity index (χ4n) is 4.19. The molecule has 1 aliphatic carbocycles. The van der Waals surface area contributed by atoms with Crippen LogP contribution in [0.2, 0.25) is 0 Å². The van der Waals surface area contributed by atoms with E-state index in [2.05, 4.69) is 74.0 Å². The second-order valence-electron chi connectivity index (χ2n) is 7.92. The first kappa shape index (κ1) is 16.3. The third kappa shape index (κ3) is 3.22. The van der Waals surface area contributed by atoms with Gasteiger partial charge < -0.3 is 4.90 Å². The fraction of sp³-hybridized carbons (Fsp3) is 0.571. The van der Waals surface area contributed by atoms with Crippen LogP contribution >= 0.6 is 0 Å². The van der Waals surface area contributed by atoms with Crippen LogP contribution in [-0.4, -0.2) is 31.4 Å². The number of hydrogen-bond acceptors (Lipinski definition) is 1. The summed E-state index contributed by atoms with van der Waals surface area (Å²) < 4.78 is 2.13. The van der Waals surface area contributed by atoms with Gasteiger partial charge in [-0.05, 0) is 30.4 Å². The summed E-state index contributed by atoms with van der Waals surface area (Å²) >= 11 is 0. The van der Waals surface area contributed by atoms with Gasteiger partial charge in [0.05, 0.1) is 0 Å². The van der Waals surface area contributed by atoms with Crippen LogP contribution in [0.4, 0.5) is 5.69 Å². The van der Waals surface area contributed by atoms with Crippen molar-refractivity contribution in [1.82, 2.24) is 0 Å². The summed E-state index contributed by atoms with van der Waals surface area (Å²) in [7, 11) is 4.19. The highest BCUT2D eigenvalue weighted by Gasteiger charge is 2.40. The van der Waals surface area contributed by atoms with Gasteiger partial charge in [-0.25, -0.2) is 4.58 Å². The van der Waals surface area contributed by atoms with Gasteiger partial charge in [0.15, 0.2) is 6.21 Å². The molecule has 1 heterocycles. The Balaban J connectivity index is 1.98. The number of anilines is 1. The van der Waals surface area contributed by atoms with Crippen molar-refractivity contribution >= 4 is 11.9 Å². The molecule has 1 aromatic rings. The molecule has 0 atom stereocenters. The molecular weight excluding hydrogens is 280 g/mol. The van der Waals surface area contributed by atoms with Crippen molar-refractivity contribution in [2.24, 2.45) is 5.92 Å². The number of nitrogens with zero attached hydrogens (tertiary/aromatic N) is 2. The van der Waals surface area contributed by atoms with Gasteiger partial charge in [-0.2, -0.15) is 0 Å². The van der Waals surface area contributed by atoms with Crippen LogP contribution in [0.15, 0.2) is 36.0 Å². The molecule has 0 saturated heterocycles. The quantitative estimate of drug-likeness (QED) is 0.584. The van der Waals surface area contributed by atoms with Crippen LogP contribution in [0.1, 0.15) is 51.5 Å². The molecule has 124 valence electrons. The van der Waals surface area contributed by atoms with Crippen LogP contribution in [-0.2, 0) is 5.41 Å². The predicted octanol–water partition coefficient (Wildman–Crippen LogP) is 4.59. The van der Waals surface area contributed by atoms with E-state index in [0.717, 1.165) is 5.92 Å². The van der Waals surface area contributed by atoms with E-state index in [-0.39, 0.29) is 5.41 Å². The highest BCUT2D eigenvalue weighted by Crippen LogP contribution is 2.48. The van der Waals surface area contributed by atoms with Crippen LogP contribution in [0, 0.1) is 5.92 Å². The van der Waals surface area contributed by atoms with Crippen molar-refractivity contribution in [3.8, 4) is 0 Å². The van der Waals surface area contributed by atoms with E-state index < -0.39 is 0 Å². The summed E-state index contributed by atoms with van der Waals surface area (Å²) in [5, 5.41) is 0. The minimum absolute atomic E-state index is 0.0811. The van der Waals surface area contributed by atoms with Gasteiger partial charge in [0.25, 0.3) is 0 Å². The maximum Gasteiger partial charge on any atom is 0.164 e. The number of fused-ring (bicyclic) bond motifs is 1. The number of allylic oxidation sites excluding steroid dienone is 2. The largest absolute Gasteiger partial charge is 0.343 e. The molecule has 0 N–H and O–H groups in total. The lowest BCUT2D eigenvalue weighted by Gasteiger charge is -2.31. The first-order valence-electron chi connectivity index (χ1n) is 9.09. The minimum Gasteiger partial charge on any atom is -0.343 e. The van der Waals surface area contributed by atoms with Crippen molar-refractivity contribution in [2.45, 2.75) is 51.4 Å². The molecule has 0 bridgehead atoms. The molecule has 2 aliphatic rings. The van der Waals surface area contributed by atoms with Gasteiger partial charge in [0.2, 0.25) is 0 Å². The Kier molecular flexibility index (Phi) is 4.61. The lowest BCUT2D eigenvalue weighted by Crippen LogP contribution is -2.31. The maximum atomic E-state index is 2.60. The highest BCUT2D eigenvalue weighted by atomic mass is 15.2. The van der Waals surface area contributed by atoms with Crippen LogP contribution < -0.4 is 4.90 Å². The average molecular weight is 311 g/mol. The molecule has 0 aromatic heterocycles. The monoisotopic (exact) mass is 311 g/mol. The Bertz CT molecular complexity index is 614. The highest BCUT2D eigenvalue weighted by molar-refractivity contribution is 5.77. The second kappa shape index (κ2) is 6.51. The topological polar surface area (TPSA) is 6.25 Å². The zero-order chi connectivity index (χ0) is 16.4. The van der Waals surface area contributed by atoms with Gasteiger partial charge in [0, 0.05) is 29.4 Å². The fourth-order valence-corrected chi connectivity index (χ4v) is 4.19. The van der Waals surface area contributed by atoms with E-state index in [1.165, 1.54) is 55.6 Å². The molecule has 1 aliphatic heterocycles. The van der Waals surface area contributed by atoms with E-state index in [0.29, 0.717) is 0 Å². The molecule has 2 nitrogen and oxygen atoms in total. The average Bonchev–Trinajstić information content (AvgIpc) is 2.74. The molecular formula is C21H31N2+. The van der Waals surface area contributed by atoms with Gasteiger partial charge in [-0.3, -0.25) is 0 Å². The maximum absolute atomic E-state index is 2.60. The standard InChI is InChI=1S/C21H31N2/c1-21(2)18-12-8-9-13-19(18)23(20(21)14-15-22(3)4)16-17-10-6-5-7-11-17/h8-9,12-15,17H,5-7,10-11,16H2,1-4H3/q+1. The van der Waals surface area contributed by atoms with E-state index in [1.54, 1.807) is 0 Å². The molecule has 1 aromatic carbocycles. The van der Waals surface area contributed by atoms with Crippen molar-refractivity contribution in [1.29, 1.82) is 0 Å². The van der Waals surface area contributed by atoms with Gasteiger partial charge >= 0.3 is 0 Å². The summed E-state index contributed by atoms with van der Waals surface area (Å²) in [5.41, 5.74) is 4.41. The Morgan fingerprint density at radius 3 is 2.52 bits per heavy atom. The first-order chi connectivity index (χ1) is 11.0. The normalized spacial score (nSPS) is 22.3. The summed E-state index contributed by atoms with van der Waals surface area (Å²) in [6, 6.07) is 8.97. The smallest absolute Gasteiger partial charge is 0.164 e. The van der Waals surface area contributed by atoms with E-state index in [1.807, 2.05) is 0 Å². The number of para-hydroxylation sites is 1. The lowest BCUT2D eigenvalue weighted by atomic mass is 9.83. The second-order valence-corrected chi connectivity index (χ2v) is 7.92.